The molecule has 0 aromatic carbocycles. The van der Waals surface area contributed by atoms with Crippen LogP contribution in [0.2, 0.25) is 0 Å². The summed E-state index contributed by atoms with van der Waals surface area (Å²) in [5, 5.41) is 12.2. The van der Waals surface area contributed by atoms with E-state index in [4.69, 9.17) is 9.52 Å². The van der Waals surface area contributed by atoms with E-state index < -0.39 is 5.97 Å². The van der Waals surface area contributed by atoms with Gasteiger partial charge in [-0.15, -0.1) is 0 Å². The third-order valence-corrected chi connectivity index (χ3v) is 3.85. The highest BCUT2D eigenvalue weighted by Crippen LogP contribution is 2.51. The lowest BCUT2D eigenvalue weighted by molar-refractivity contribution is 0.0660. The van der Waals surface area contributed by atoms with Gasteiger partial charge in [-0.2, -0.15) is 0 Å². The molecular formula is C13H19NO3. The van der Waals surface area contributed by atoms with Gasteiger partial charge >= 0.3 is 5.97 Å². The first-order chi connectivity index (χ1) is 8.05. The maximum atomic E-state index is 10.8. The van der Waals surface area contributed by atoms with Crippen LogP contribution in [0.4, 0.5) is 0 Å². The van der Waals surface area contributed by atoms with Crippen LogP contribution in [0.25, 0.3) is 0 Å². The van der Waals surface area contributed by atoms with Gasteiger partial charge in [0.1, 0.15) is 0 Å². The number of carboxylic acids is 1. The number of aromatic carboxylic acids is 1. The molecule has 0 unspecified atom stereocenters. The first-order valence-corrected chi connectivity index (χ1v) is 6.05. The van der Waals surface area contributed by atoms with Crippen molar-refractivity contribution in [2.24, 2.45) is 11.3 Å². The average molecular weight is 237 g/mol. The predicted molar refractivity (Wildman–Crippen MR) is 63.9 cm³/mol. The summed E-state index contributed by atoms with van der Waals surface area (Å²) in [6.07, 6.45) is 3.97. The Bertz CT molecular complexity index is 405. The first kappa shape index (κ1) is 12.2. The van der Waals surface area contributed by atoms with Crippen LogP contribution in [-0.2, 0) is 6.54 Å². The number of hydrogen-bond donors (Lipinski definition) is 2. The number of carbonyl (C=O) groups is 1. The first-order valence-electron chi connectivity index (χ1n) is 6.05. The summed E-state index contributed by atoms with van der Waals surface area (Å²) in [5.41, 5.74) is 1.16. The van der Waals surface area contributed by atoms with E-state index in [0.29, 0.717) is 17.9 Å². The maximum Gasteiger partial charge on any atom is 0.372 e. The highest BCUT2D eigenvalue weighted by atomic mass is 16.4. The Morgan fingerprint density at radius 2 is 2.29 bits per heavy atom. The zero-order valence-corrected chi connectivity index (χ0v) is 10.3. The lowest BCUT2D eigenvalue weighted by atomic mass is 9.92. The minimum absolute atomic E-state index is 0.0480. The molecule has 17 heavy (non-hydrogen) atoms. The Kier molecular flexibility index (Phi) is 3.24. The molecule has 0 bridgehead atoms. The van der Waals surface area contributed by atoms with E-state index in [-0.39, 0.29) is 5.76 Å². The number of hydrogen-bond acceptors (Lipinski definition) is 3. The van der Waals surface area contributed by atoms with Crippen molar-refractivity contribution < 1.29 is 14.3 Å². The monoisotopic (exact) mass is 237 g/mol. The molecule has 2 rings (SSSR count). The Balaban J connectivity index is 1.86. The number of rotatable bonds is 6. The van der Waals surface area contributed by atoms with E-state index in [9.17, 15) is 4.79 Å². The van der Waals surface area contributed by atoms with Crippen molar-refractivity contribution in [2.45, 2.75) is 33.2 Å². The Hall–Kier alpha value is -1.29. The van der Waals surface area contributed by atoms with E-state index >= 15 is 0 Å². The summed E-state index contributed by atoms with van der Waals surface area (Å²) in [7, 11) is 0. The van der Waals surface area contributed by atoms with Gasteiger partial charge in [0.25, 0.3) is 0 Å². The molecule has 1 aromatic heterocycles. The summed E-state index contributed by atoms with van der Waals surface area (Å²) >= 11 is 0. The second-order valence-corrected chi connectivity index (χ2v) is 5.20. The molecule has 0 radical (unpaired) electrons. The fourth-order valence-electron chi connectivity index (χ4n) is 2.23. The maximum absolute atomic E-state index is 10.8. The average Bonchev–Trinajstić information content (AvgIpc) is 2.89. The van der Waals surface area contributed by atoms with Crippen LogP contribution < -0.4 is 5.32 Å². The fourth-order valence-corrected chi connectivity index (χ4v) is 2.23. The molecule has 0 amide bonds. The lowest BCUT2D eigenvalue weighted by Crippen LogP contribution is -2.27. The Morgan fingerprint density at radius 1 is 1.59 bits per heavy atom. The fraction of sp³-hybridized carbons (Fsp3) is 0.615. The van der Waals surface area contributed by atoms with Crippen molar-refractivity contribution in [1.29, 1.82) is 0 Å². The Labute approximate surface area is 101 Å². The van der Waals surface area contributed by atoms with Gasteiger partial charge in [-0.1, -0.05) is 13.8 Å². The molecule has 4 heteroatoms. The zero-order valence-electron chi connectivity index (χ0n) is 10.3. The SMILES string of the molecule is CC(C)C1(CNCc2ccoc2C(=O)O)CC1. The van der Waals surface area contributed by atoms with Crippen LogP contribution in [0.5, 0.6) is 0 Å². The van der Waals surface area contributed by atoms with Crippen LogP contribution in [0.1, 0.15) is 42.8 Å². The normalized spacial score (nSPS) is 17.4. The van der Waals surface area contributed by atoms with Gasteiger partial charge in [0.05, 0.1) is 6.26 Å². The molecule has 94 valence electrons. The number of nitrogens with one attached hydrogen (secondary N) is 1. The molecular weight excluding hydrogens is 218 g/mol. The van der Waals surface area contributed by atoms with Gasteiger partial charge in [-0.25, -0.2) is 4.79 Å². The molecule has 2 N–H and O–H groups in total. The highest BCUT2D eigenvalue weighted by molar-refractivity contribution is 5.86. The van der Waals surface area contributed by atoms with Gasteiger partial charge in [-0.05, 0) is 30.2 Å². The van der Waals surface area contributed by atoms with Gasteiger partial charge < -0.3 is 14.8 Å². The van der Waals surface area contributed by atoms with Crippen molar-refractivity contribution in [1.82, 2.24) is 5.32 Å². The van der Waals surface area contributed by atoms with Gasteiger partial charge in [-0.3, -0.25) is 0 Å². The van der Waals surface area contributed by atoms with E-state index in [0.717, 1.165) is 12.1 Å². The number of carboxylic acid groups (broad SMARTS) is 1. The van der Waals surface area contributed by atoms with Crippen molar-refractivity contribution in [3.8, 4) is 0 Å². The van der Waals surface area contributed by atoms with Crippen LogP contribution in [-0.4, -0.2) is 17.6 Å². The molecule has 0 saturated heterocycles. The van der Waals surface area contributed by atoms with E-state index in [1.807, 2.05) is 0 Å². The largest absolute Gasteiger partial charge is 0.475 e. The third-order valence-electron chi connectivity index (χ3n) is 3.85. The van der Waals surface area contributed by atoms with Crippen LogP contribution >= 0.6 is 0 Å². The minimum Gasteiger partial charge on any atom is -0.475 e. The molecule has 1 aliphatic carbocycles. The second-order valence-electron chi connectivity index (χ2n) is 5.20. The van der Waals surface area contributed by atoms with Gasteiger partial charge in [0.2, 0.25) is 5.76 Å². The van der Waals surface area contributed by atoms with Crippen molar-refractivity contribution in [2.75, 3.05) is 6.54 Å². The summed E-state index contributed by atoms with van der Waals surface area (Å²) < 4.78 is 4.93. The Morgan fingerprint density at radius 3 is 2.82 bits per heavy atom. The zero-order chi connectivity index (χ0) is 12.5. The molecule has 0 spiro atoms. The van der Waals surface area contributed by atoms with E-state index in [1.54, 1.807) is 6.07 Å². The molecule has 1 saturated carbocycles. The van der Waals surface area contributed by atoms with Gasteiger partial charge in [0.15, 0.2) is 0 Å². The van der Waals surface area contributed by atoms with Gasteiger partial charge in [0, 0.05) is 18.7 Å². The summed E-state index contributed by atoms with van der Waals surface area (Å²) in [5.74, 6) is -0.276. The predicted octanol–water partition coefficient (Wildman–Crippen LogP) is 2.50. The smallest absolute Gasteiger partial charge is 0.372 e. The van der Waals surface area contributed by atoms with Crippen molar-refractivity contribution in [3.63, 3.8) is 0 Å². The molecule has 1 heterocycles. The molecule has 0 atom stereocenters. The quantitative estimate of drug-likeness (QED) is 0.798. The van der Waals surface area contributed by atoms with Crippen LogP contribution in [0.3, 0.4) is 0 Å². The van der Waals surface area contributed by atoms with Crippen molar-refractivity contribution >= 4 is 5.97 Å². The molecule has 4 nitrogen and oxygen atoms in total. The second kappa shape index (κ2) is 4.53. The van der Waals surface area contributed by atoms with Crippen LogP contribution in [0.15, 0.2) is 16.7 Å². The summed E-state index contributed by atoms with van der Waals surface area (Å²) in [6, 6.07) is 1.71. The molecule has 0 aliphatic heterocycles. The standard InChI is InChI=1S/C13H19NO3/c1-9(2)13(4-5-13)8-14-7-10-3-6-17-11(10)12(15)16/h3,6,9,14H,4-5,7-8H2,1-2H3,(H,15,16). The third kappa shape index (κ3) is 2.52. The molecule has 1 aliphatic rings. The molecule has 1 aromatic rings. The van der Waals surface area contributed by atoms with E-state index in [1.165, 1.54) is 19.1 Å². The number of furan rings is 1. The lowest BCUT2D eigenvalue weighted by Gasteiger charge is -2.19. The summed E-state index contributed by atoms with van der Waals surface area (Å²) in [6.45, 7) is 6.01. The highest BCUT2D eigenvalue weighted by Gasteiger charge is 2.44. The van der Waals surface area contributed by atoms with Crippen LogP contribution in [0, 0.1) is 11.3 Å². The topological polar surface area (TPSA) is 62.5 Å². The summed E-state index contributed by atoms with van der Waals surface area (Å²) in [4.78, 5) is 10.8. The molecule has 1 fully saturated rings. The minimum atomic E-state index is -1.00. The van der Waals surface area contributed by atoms with Crippen molar-refractivity contribution in [3.05, 3.63) is 23.7 Å². The van der Waals surface area contributed by atoms with E-state index in [2.05, 4.69) is 19.2 Å².